The summed E-state index contributed by atoms with van der Waals surface area (Å²) in [5.74, 6) is 0.868. The molecule has 1 aromatic carbocycles. The molecule has 2 rings (SSSR count). The molecule has 1 unspecified atom stereocenters. The maximum atomic E-state index is 11.3. The van der Waals surface area contributed by atoms with Crippen LogP contribution in [0.4, 0.5) is 5.69 Å². The Kier molecular flexibility index (Phi) is 4.44. The van der Waals surface area contributed by atoms with Crippen molar-refractivity contribution in [2.75, 3.05) is 5.32 Å². The number of halogens is 1. The fourth-order valence-corrected chi connectivity index (χ4v) is 2.79. The molecule has 0 saturated carbocycles. The maximum Gasteiger partial charge on any atom is 0.224 e. The Labute approximate surface area is 117 Å². The van der Waals surface area contributed by atoms with Gasteiger partial charge in [-0.05, 0) is 42.4 Å². The molecule has 0 spiro atoms. The predicted octanol–water partition coefficient (Wildman–Crippen LogP) is 4.44. The maximum absolute atomic E-state index is 11.3. The van der Waals surface area contributed by atoms with E-state index in [0.717, 1.165) is 24.4 Å². The van der Waals surface area contributed by atoms with Crippen LogP contribution >= 0.6 is 15.9 Å². The van der Waals surface area contributed by atoms with Crippen LogP contribution in [0.25, 0.3) is 0 Å². The summed E-state index contributed by atoms with van der Waals surface area (Å²) in [5.41, 5.74) is 3.57. The first kappa shape index (κ1) is 13.6. The van der Waals surface area contributed by atoms with E-state index in [1.807, 2.05) is 6.07 Å². The number of alkyl halides is 1. The van der Waals surface area contributed by atoms with E-state index in [4.69, 9.17) is 0 Å². The second-order valence-electron chi connectivity index (χ2n) is 5.40. The number of hydrogen-bond donors (Lipinski definition) is 1. The van der Waals surface area contributed by atoms with Gasteiger partial charge in [-0.2, -0.15) is 0 Å². The van der Waals surface area contributed by atoms with Crippen LogP contribution in [0.2, 0.25) is 0 Å². The molecule has 0 aromatic heterocycles. The average molecular weight is 310 g/mol. The molecular formula is C15H20BrNO. The minimum atomic E-state index is 0.130. The number of rotatable bonds is 4. The Morgan fingerprint density at radius 2 is 2.06 bits per heavy atom. The predicted molar refractivity (Wildman–Crippen MR) is 79.1 cm³/mol. The molecular weight excluding hydrogens is 290 g/mol. The van der Waals surface area contributed by atoms with Crippen LogP contribution in [0, 0.1) is 5.92 Å². The topological polar surface area (TPSA) is 29.1 Å². The molecule has 1 aliphatic heterocycles. The lowest BCUT2D eigenvalue weighted by Gasteiger charge is -2.19. The summed E-state index contributed by atoms with van der Waals surface area (Å²) in [7, 11) is 0. The number of carbonyl (C=O) groups excluding carboxylic acids is 1. The van der Waals surface area contributed by atoms with Crippen molar-refractivity contribution in [3.8, 4) is 0 Å². The van der Waals surface area contributed by atoms with E-state index >= 15 is 0 Å². The highest BCUT2D eigenvalue weighted by Crippen LogP contribution is 2.33. The Bertz CT molecular complexity index is 442. The number of carbonyl (C=O) groups is 1. The average Bonchev–Trinajstić information content (AvgIpc) is 2.35. The zero-order valence-electron chi connectivity index (χ0n) is 11.0. The Hall–Kier alpha value is -0.830. The molecule has 0 saturated heterocycles. The second-order valence-corrected chi connectivity index (χ2v) is 6.51. The van der Waals surface area contributed by atoms with E-state index in [9.17, 15) is 4.79 Å². The van der Waals surface area contributed by atoms with Crippen LogP contribution < -0.4 is 5.32 Å². The summed E-state index contributed by atoms with van der Waals surface area (Å²) < 4.78 is 0. The minimum absolute atomic E-state index is 0.130. The van der Waals surface area contributed by atoms with E-state index in [0.29, 0.717) is 11.2 Å². The summed E-state index contributed by atoms with van der Waals surface area (Å²) in [6, 6.07) is 6.38. The Morgan fingerprint density at radius 1 is 1.28 bits per heavy atom. The third-order valence-corrected chi connectivity index (χ3v) is 4.37. The largest absolute Gasteiger partial charge is 0.326 e. The van der Waals surface area contributed by atoms with Crippen molar-refractivity contribution in [1.29, 1.82) is 0 Å². The fraction of sp³-hybridized carbons (Fsp3) is 0.533. The van der Waals surface area contributed by atoms with Gasteiger partial charge in [-0.25, -0.2) is 0 Å². The molecule has 18 heavy (non-hydrogen) atoms. The first-order valence-corrected chi connectivity index (χ1v) is 7.54. The van der Waals surface area contributed by atoms with Crippen LogP contribution in [0.1, 0.15) is 49.1 Å². The SMILES string of the molecule is CC(C)CCC(Br)c1ccc2c(c1)CCC(=O)N2. The molecule has 1 aliphatic rings. The monoisotopic (exact) mass is 309 g/mol. The quantitative estimate of drug-likeness (QED) is 0.818. The zero-order valence-corrected chi connectivity index (χ0v) is 12.6. The number of nitrogens with one attached hydrogen (secondary N) is 1. The number of fused-ring (bicyclic) bond motifs is 1. The molecule has 1 atom stereocenters. The van der Waals surface area contributed by atoms with Gasteiger partial charge in [0.25, 0.3) is 0 Å². The van der Waals surface area contributed by atoms with Gasteiger partial charge in [0.1, 0.15) is 0 Å². The van der Waals surface area contributed by atoms with Gasteiger partial charge in [0.2, 0.25) is 5.91 Å². The summed E-state index contributed by atoms with van der Waals surface area (Å²) in [4.78, 5) is 11.7. The van der Waals surface area contributed by atoms with E-state index < -0.39 is 0 Å². The third-order valence-electron chi connectivity index (χ3n) is 3.38. The van der Waals surface area contributed by atoms with Crippen molar-refractivity contribution >= 4 is 27.5 Å². The highest BCUT2D eigenvalue weighted by molar-refractivity contribution is 9.09. The lowest BCUT2D eigenvalue weighted by atomic mass is 9.97. The summed E-state index contributed by atoms with van der Waals surface area (Å²) in [6.45, 7) is 4.50. The molecule has 0 aliphatic carbocycles. The first-order chi connectivity index (χ1) is 8.56. The van der Waals surface area contributed by atoms with Crippen LogP contribution in [0.3, 0.4) is 0 Å². The lowest BCUT2D eigenvalue weighted by Crippen LogP contribution is -2.19. The number of aryl methyl sites for hydroxylation is 1. The van der Waals surface area contributed by atoms with Gasteiger partial charge >= 0.3 is 0 Å². The van der Waals surface area contributed by atoms with Crippen molar-refractivity contribution in [3.05, 3.63) is 29.3 Å². The van der Waals surface area contributed by atoms with Crippen LogP contribution in [-0.2, 0) is 11.2 Å². The number of benzene rings is 1. The normalized spacial score (nSPS) is 16.3. The van der Waals surface area contributed by atoms with E-state index in [2.05, 4.69) is 47.2 Å². The summed E-state index contributed by atoms with van der Waals surface area (Å²) >= 11 is 3.77. The number of hydrogen-bond acceptors (Lipinski definition) is 1. The van der Waals surface area contributed by atoms with Gasteiger partial charge < -0.3 is 5.32 Å². The molecule has 1 amide bonds. The van der Waals surface area contributed by atoms with Crippen molar-refractivity contribution in [3.63, 3.8) is 0 Å². The van der Waals surface area contributed by atoms with E-state index in [1.54, 1.807) is 0 Å². The van der Waals surface area contributed by atoms with Gasteiger partial charge in [0, 0.05) is 16.9 Å². The molecule has 0 fully saturated rings. The van der Waals surface area contributed by atoms with Gasteiger partial charge in [0.05, 0.1) is 0 Å². The van der Waals surface area contributed by atoms with Gasteiger partial charge in [-0.3, -0.25) is 4.79 Å². The van der Waals surface area contributed by atoms with Crippen LogP contribution in [0.15, 0.2) is 18.2 Å². The van der Waals surface area contributed by atoms with E-state index in [-0.39, 0.29) is 5.91 Å². The molecule has 0 radical (unpaired) electrons. The number of anilines is 1. The first-order valence-electron chi connectivity index (χ1n) is 6.63. The highest BCUT2D eigenvalue weighted by Gasteiger charge is 2.16. The summed E-state index contributed by atoms with van der Waals surface area (Å²) in [6.07, 6.45) is 3.85. The second kappa shape index (κ2) is 5.87. The van der Waals surface area contributed by atoms with E-state index in [1.165, 1.54) is 17.5 Å². The van der Waals surface area contributed by atoms with Crippen molar-refractivity contribution in [2.24, 2.45) is 5.92 Å². The summed E-state index contributed by atoms with van der Waals surface area (Å²) in [5, 5.41) is 2.92. The standard InChI is InChI=1S/C15H20BrNO/c1-10(2)3-6-13(16)11-4-7-14-12(9-11)5-8-15(18)17-14/h4,7,9-10,13H,3,5-6,8H2,1-2H3,(H,17,18). The Balaban J connectivity index is 2.08. The molecule has 1 heterocycles. The molecule has 0 bridgehead atoms. The van der Waals surface area contributed by atoms with Crippen LogP contribution in [0.5, 0.6) is 0 Å². The third kappa shape index (κ3) is 3.35. The zero-order chi connectivity index (χ0) is 13.1. The molecule has 2 nitrogen and oxygen atoms in total. The van der Waals surface area contributed by atoms with Crippen LogP contribution in [-0.4, -0.2) is 5.91 Å². The molecule has 98 valence electrons. The smallest absolute Gasteiger partial charge is 0.224 e. The van der Waals surface area contributed by atoms with Gasteiger partial charge in [-0.15, -0.1) is 0 Å². The molecule has 1 N–H and O–H groups in total. The highest BCUT2D eigenvalue weighted by atomic mass is 79.9. The lowest BCUT2D eigenvalue weighted by molar-refractivity contribution is -0.116. The van der Waals surface area contributed by atoms with Crippen molar-refractivity contribution < 1.29 is 4.79 Å². The number of amides is 1. The minimum Gasteiger partial charge on any atom is -0.326 e. The van der Waals surface area contributed by atoms with Crippen molar-refractivity contribution in [1.82, 2.24) is 0 Å². The molecule has 3 heteroatoms. The van der Waals surface area contributed by atoms with Gasteiger partial charge in [-0.1, -0.05) is 41.9 Å². The van der Waals surface area contributed by atoms with Gasteiger partial charge in [0.15, 0.2) is 0 Å². The van der Waals surface area contributed by atoms with Crippen molar-refractivity contribution in [2.45, 2.75) is 44.4 Å². The fourth-order valence-electron chi connectivity index (χ4n) is 2.24. The molecule has 1 aromatic rings. The Morgan fingerprint density at radius 3 is 2.78 bits per heavy atom.